The van der Waals surface area contributed by atoms with E-state index in [-0.39, 0.29) is 31.7 Å². The molecule has 33 heavy (non-hydrogen) atoms. The maximum atomic E-state index is 12.2. The highest BCUT2D eigenvalue weighted by Gasteiger charge is 2.38. The molecule has 1 aliphatic heterocycles. The SMILES string of the molecule is Nc1nc(=O)n(C2CCC(CO)O2)cc1C#Cc1ccc(OCCNC(=O)C(F)(F)F)cc1. The molecule has 9 nitrogen and oxygen atoms in total. The van der Waals surface area contributed by atoms with Gasteiger partial charge in [-0.2, -0.15) is 18.2 Å². The van der Waals surface area contributed by atoms with Crippen molar-refractivity contribution < 1.29 is 32.5 Å². The highest BCUT2D eigenvalue weighted by atomic mass is 19.4. The van der Waals surface area contributed by atoms with Crippen molar-refractivity contribution in [2.45, 2.75) is 31.3 Å². The Morgan fingerprint density at radius 1 is 1.30 bits per heavy atom. The largest absolute Gasteiger partial charge is 0.492 e. The minimum absolute atomic E-state index is 0.0266. The number of benzene rings is 1. The lowest BCUT2D eigenvalue weighted by molar-refractivity contribution is -0.173. The topological polar surface area (TPSA) is 129 Å². The summed E-state index contributed by atoms with van der Waals surface area (Å²) in [5.41, 5.74) is 6.16. The lowest BCUT2D eigenvalue weighted by Gasteiger charge is -2.15. The van der Waals surface area contributed by atoms with Crippen molar-refractivity contribution >= 4 is 11.7 Å². The Hall–Kier alpha value is -3.56. The molecular formula is C21H21F3N4O5. The zero-order chi connectivity index (χ0) is 24.0. The zero-order valence-electron chi connectivity index (χ0n) is 17.3. The van der Waals surface area contributed by atoms with Crippen LogP contribution in [0.3, 0.4) is 0 Å². The van der Waals surface area contributed by atoms with Crippen LogP contribution in [0.4, 0.5) is 19.0 Å². The first-order valence-corrected chi connectivity index (χ1v) is 9.92. The number of nitrogens with one attached hydrogen (secondary N) is 1. The Labute approximate surface area is 186 Å². The second-order valence-electron chi connectivity index (χ2n) is 7.08. The number of anilines is 1. The van der Waals surface area contributed by atoms with E-state index in [4.69, 9.17) is 15.2 Å². The minimum Gasteiger partial charge on any atom is -0.492 e. The standard InChI is InChI=1S/C21H21F3N4O5/c22-21(23,24)19(30)26-9-10-32-15-5-2-13(3-6-15)1-4-14-11-28(20(31)27-18(14)25)17-8-7-16(12-29)33-17/h2-3,5-6,11,16-17,29H,7-10,12H2,(H,26,30)(H2,25,27,31). The summed E-state index contributed by atoms with van der Waals surface area (Å²) in [5.74, 6) is 4.06. The summed E-state index contributed by atoms with van der Waals surface area (Å²) in [6.45, 7) is -0.579. The van der Waals surface area contributed by atoms with Crippen molar-refractivity contribution in [1.29, 1.82) is 0 Å². The number of hydrogen-bond acceptors (Lipinski definition) is 7. The first-order valence-electron chi connectivity index (χ1n) is 9.92. The number of alkyl halides is 3. The molecule has 1 aromatic carbocycles. The number of nitrogens with zero attached hydrogens (tertiary/aromatic N) is 2. The van der Waals surface area contributed by atoms with Crippen molar-refractivity contribution in [2.24, 2.45) is 0 Å². The highest BCUT2D eigenvalue weighted by Crippen LogP contribution is 2.27. The van der Waals surface area contributed by atoms with Gasteiger partial charge in [0.2, 0.25) is 0 Å². The van der Waals surface area contributed by atoms with Crippen LogP contribution in [-0.2, 0) is 9.53 Å². The van der Waals surface area contributed by atoms with E-state index >= 15 is 0 Å². The third-order valence-electron chi connectivity index (χ3n) is 4.69. The molecule has 2 atom stereocenters. The molecule has 2 aromatic rings. The third kappa shape index (κ3) is 6.47. The molecule has 1 aliphatic rings. The molecule has 1 amide bonds. The van der Waals surface area contributed by atoms with Gasteiger partial charge in [-0.15, -0.1) is 0 Å². The summed E-state index contributed by atoms with van der Waals surface area (Å²) in [7, 11) is 0. The highest BCUT2D eigenvalue weighted by molar-refractivity contribution is 5.81. The van der Waals surface area contributed by atoms with E-state index in [9.17, 15) is 27.9 Å². The second kappa shape index (κ2) is 10.4. The Balaban J connectivity index is 1.61. The zero-order valence-corrected chi connectivity index (χ0v) is 17.3. The van der Waals surface area contributed by atoms with Crippen LogP contribution in [-0.4, -0.2) is 52.6 Å². The number of carbonyl (C=O) groups is 1. The molecule has 3 rings (SSSR count). The van der Waals surface area contributed by atoms with E-state index in [0.29, 0.717) is 29.7 Å². The fraction of sp³-hybridized carbons (Fsp3) is 0.381. The Bertz CT molecular complexity index is 1110. The predicted molar refractivity (Wildman–Crippen MR) is 110 cm³/mol. The maximum Gasteiger partial charge on any atom is 0.471 e. The van der Waals surface area contributed by atoms with Crippen LogP contribution in [0.25, 0.3) is 0 Å². The lowest BCUT2D eigenvalue weighted by Crippen LogP contribution is -2.38. The molecule has 0 saturated carbocycles. The molecule has 12 heteroatoms. The number of halogens is 3. The third-order valence-corrected chi connectivity index (χ3v) is 4.69. The molecule has 2 unspecified atom stereocenters. The van der Waals surface area contributed by atoms with Crippen molar-refractivity contribution in [3.05, 3.63) is 52.1 Å². The Morgan fingerprint density at radius 2 is 2.03 bits per heavy atom. The van der Waals surface area contributed by atoms with Crippen molar-refractivity contribution in [1.82, 2.24) is 14.9 Å². The quantitative estimate of drug-likeness (QED) is 0.427. The molecule has 4 N–H and O–H groups in total. The molecule has 2 heterocycles. The van der Waals surface area contributed by atoms with Gasteiger partial charge in [-0.05, 0) is 37.1 Å². The van der Waals surface area contributed by atoms with Gasteiger partial charge in [0.1, 0.15) is 24.4 Å². The summed E-state index contributed by atoms with van der Waals surface area (Å²) in [6, 6.07) is 6.39. The molecule has 1 saturated heterocycles. The van der Waals surface area contributed by atoms with Crippen molar-refractivity contribution in [3.63, 3.8) is 0 Å². The molecular weight excluding hydrogens is 445 g/mol. The number of aliphatic hydroxyl groups excluding tert-OH is 1. The summed E-state index contributed by atoms with van der Waals surface area (Å²) < 4.78 is 48.5. The van der Waals surface area contributed by atoms with Gasteiger partial charge in [-0.3, -0.25) is 9.36 Å². The summed E-state index contributed by atoms with van der Waals surface area (Å²) >= 11 is 0. The first-order chi connectivity index (χ1) is 15.7. The van der Waals surface area contributed by atoms with Crippen LogP contribution in [0.15, 0.2) is 35.3 Å². The maximum absolute atomic E-state index is 12.2. The van der Waals surface area contributed by atoms with E-state index in [2.05, 4.69) is 16.8 Å². The van der Waals surface area contributed by atoms with Crippen LogP contribution in [0.1, 0.15) is 30.2 Å². The van der Waals surface area contributed by atoms with Crippen molar-refractivity contribution in [3.8, 4) is 17.6 Å². The van der Waals surface area contributed by atoms with E-state index < -0.39 is 24.0 Å². The van der Waals surface area contributed by atoms with Crippen LogP contribution < -0.4 is 21.5 Å². The lowest BCUT2D eigenvalue weighted by atomic mass is 10.2. The van der Waals surface area contributed by atoms with E-state index in [1.165, 1.54) is 10.8 Å². The smallest absolute Gasteiger partial charge is 0.471 e. The number of nitrogens with two attached hydrogens (primary N) is 1. The van der Waals surface area contributed by atoms with E-state index in [1.807, 2.05) is 0 Å². The number of ether oxygens (including phenoxy) is 2. The molecule has 0 aliphatic carbocycles. The van der Waals surface area contributed by atoms with Crippen LogP contribution in [0.2, 0.25) is 0 Å². The average molecular weight is 466 g/mol. The first kappa shape index (κ1) is 24.1. The number of nitrogen functional groups attached to an aromatic ring is 1. The molecule has 0 radical (unpaired) electrons. The fourth-order valence-corrected chi connectivity index (χ4v) is 3.02. The van der Waals surface area contributed by atoms with Gasteiger partial charge in [0.15, 0.2) is 0 Å². The average Bonchev–Trinajstić information content (AvgIpc) is 3.25. The van der Waals surface area contributed by atoms with E-state index in [1.54, 1.807) is 29.6 Å². The van der Waals surface area contributed by atoms with Gasteiger partial charge in [-0.25, -0.2) is 4.79 Å². The van der Waals surface area contributed by atoms with Crippen LogP contribution >= 0.6 is 0 Å². The number of hydrogen-bond donors (Lipinski definition) is 3. The summed E-state index contributed by atoms with van der Waals surface area (Å²) in [6.07, 6.45) is -3.20. The van der Waals surface area contributed by atoms with Gasteiger partial charge in [0.25, 0.3) is 0 Å². The number of rotatable bonds is 6. The second-order valence-corrected chi connectivity index (χ2v) is 7.08. The molecule has 0 spiro atoms. The number of amides is 1. The monoisotopic (exact) mass is 466 g/mol. The number of aliphatic hydroxyl groups is 1. The van der Waals surface area contributed by atoms with Gasteiger partial charge in [0, 0.05) is 11.8 Å². The molecule has 1 aromatic heterocycles. The van der Waals surface area contributed by atoms with Crippen molar-refractivity contribution in [2.75, 3.05) is 25.5 Å². The van der Waals surface area contributed by atoms with E-state index in [0.717, 1.165) is 0 Å². The number of carbonyl (C=O) groups excluding carboxylic acids is 1. The molecule has 1 fully saturated rings. The minimum atomic E-state index is -4.93. The van der Waals surface area contributed by atoms with Gasteiger partial charge >= 0.3 is 17.8 Å². The number of aromatic nitrogens is 2. The Morgan fingerprint density at radius 3 is 2.67 bits per heavy atom. The Kier molecular flexibility index (Phi) is 7.57. The van der Waals surface area contributed by atoms with Crippen LogP contribution in [0.5, 0.6) is 5.75 Å². The van der Waals surface area contributed by atoms with Crippen LogP contribution in [0, 0.1) is 11.8 Å². The predicted octanol–water partition coefficient (Wildman–Crippen LogP) is 0.952. The fourth-order valence-electron chi connectivity index (χ4n) is 3.02. The van der Waals surface area contributed by atoms with Gasteiger partial charge < -0.3 is 25.6 Å². The van der Waals surface area contributed by atoms with Gasteiger partial charge in [-0.1, -0.05) is 11.8 Å². The summed E-state index contributed by atoms with van der Waals surface area (Å²) in [5, 5.41) is 10.9. The molecule has 0 bridgehead atoms. The summed E-state index contributed by atoms with van der Waals surface area (Å²) in [4.78, 5) is 26.7. The van der Waals surface area contributed by atoms with Gasteiger partial charge in [0.05, 0.1) is 24.8 Å². The normalized spacial score (nSPS) is 17.8. The molecule has 176 valence electrons.